The third-order valence-corrected chi connectivity index (χ3v) is 6.01. The second kappa shape index (κ2) is 10.9. The number of thioether (sulfide) groups is 1. The van der Waals surface area contributed by atoms with Crippen molar-refractivity contribution in [2.45, 2.75) is 31.6 Å². The molecule has 2 aliphatic heterocycles. The molecule has 0 saturated carbocycles. The Morgan fingerprint density at radius 2 is 2.09 bits per heavy atom. The Hall–Kier alpha value is -4.01. The molecule has 2 aliphatic rings. The summed E-state index contributed by atoms with van der Waals surface area (Å²) in [5.41, 5.74) is 4.89. The molecule has 15 heteroatoms. The number of oxime groups is 1. The number of fused-ring (bicyclic) bond motifs is 1. The third-order valence-electron chi connectivity index (χ3n) is 4.67. The van der Waals surface area contributed by atoms with Crippen LogP contribution in [0.3, 0.4) is 0 Å². The van der Waals surface area contributed by atoms with Gasteiger partial charge in [0.25, 0.3) is 11.8 Å². The fraction of sp³-hybridized carbons (Fsp3) is 0.400. The maximum absolute atomic E-state index is 13.0. The maximum Gasteiger partial charge on any atom is 0.404 e. The van der Waals surface area contributed by atoms with E-state index in [0.29, 0.717) is 0 Å². The highest BCUT2D eigenvalue weighted by atomic mass is 32.2. The minimum absolute atomic E-state index is 0.124. The van der Waals surface area contributed by atoms with Crippen molar-refractivity contribution in [1.82, 2.24) is 10.2 Å². The number of β-lactam (4-membered cyclic amide) rings is 1. The maximum atomic E-state index is 13.0. The zero-order valence-corrected chi connectivity index (χ0v) is 19.7. The Morgan fingerprint density at radius 1 is 1.34 bits per heavy atom. The Labute approximate surface area is 202 Å². The monoisotopic (exact) mass is 510 g/mol. The second-order valence-electron chi connectivity index (χ2n) is 7.10. The lowest BCUT2D eigenvalue weighted by Crippen LogP contribution is -2.71. The standard InChI is InChI=1S/C20H22N4O10S/c1-9(25)33-10(2)34-19(28)15-11(7-32-20(21)29)8-35-18-14(17(27)24(15)18)22-16(26)13(23-30-3)12-5-4-6-31-12/h4-6,10,14,18H,7-8H2,1-3H3,(H2,21,29)(H,22,26)/b23-13+. The Kier molecular flexibility index (Phi) is 8.01. The third kappa shape index (κ3) is 5.74. The fourth-order valence-electron chi connectivity index (χ4n) is 3.32. The first-order valence-corrected chi connectivity index (χ1v) is 11.1. The van der Waals surface area contributed by atoms with Crippen LogP contribution in [0.2, 0.25) is 0 Å². The topological polar surface area (TPSA) is 189 Å². The van der Waals surface area contributed by atoms with Crippen LogP contribution < -0.4 is 11.1 Å². The van der Waals surface area contributed by atoms with Crippen LogP contribution in [0.1, 0.15) is 19.6 Å². The first-order chi connectivity index (χ1) is 16.6. The Balaban J connectivity index is 1.80. The van der Waals surface area contributed by atoms with Crippen LogP contribution >= 0.6 is 11.8 Å². The number of hydrogen-bond donors (Lipinski definition) is 2. The number of furan rings is 1. The molecule has 1 fully saturated rings. The van der Waals surface area contributed by atoms with Gasteiger partial charge in [0, 0.05) is 25.2 Å². The van der Waals surface area contributed by atoms with E-state index in [-0.39, 0.29) is 35.1 Å². The SMILES string of the molecule is CO/N=C(/C(=O)NC1C(=O)N2C(C(=O)OC(C)OC(C)=O)=C(COC(N)=O)CSC12)c1ccco1. The van der Waals surface area contributed by atoms with Gasteiger partial charge in [0.15, 0.2) is 5.76 Å². The van der Waals surface area contributed by atoms with Crippen molar-refractivity contribution in [3.63, 3.8) is 0 Å². The number of amides is 3. The molecule has 3 amide bonds. The summed E-state index contributed by atoms with van der Waals surface area (Å²) in [6.07, 6.45) is -0.976. The van der Waals surface area contributed by atoms with Crippen molar-refractivity contribution >= 4 is 47.3 Å². The van der Waals surface area contributed by atoms with Gasteiger partial charge >= 0.3 is 18.0 Å². The van der Waals surface area contributed by atoms with Crippen molar-refractivity contribution in [3.8, 4) is 0 Å². The summed E-state index contributed by atoms with van der Waals surface area (Å²) < 4.78 is 19.9. The first kappa shape index (κ1) is 25.6. The van der Waals surface area contributed by atoms with Gasteiger partial charge in [-0.15, -0.1) is 11.8 Å². The lowest BCUT2D eigenvalue weighted by atomic mass is 10.0. The number of rotatable bonds is 9. The summed E-state index contributed by atoms with van der Waals surface area (Å²) in [6, 6.07) is 2.03. The van der Waals surface area contributed by atoms with Gasteiger partial charge in [0.05, 0.1) is 6.26 Å². The molecule has 0 spiro atoms. The number of carbonyl (C=O) groups is 5. The molecule has 3 N–H and O–H groups in total. The van der Waals surface area contributed by atoms with Gasteiger partial charge in [0.2, 0.25) is 12.0 Å². The summed E-state index contributed by atoms with van der Waals surface area (Å²) >= 11 is 1.21. The molecule has 0 aliphatic carbocycles. The Bertz CT molecular complexity index is 1080. The van der Waals surface area contributed by atoms with E-state index in [1.54, 1.807) is 6.07 Å². The van der Waals surface area contributed by atoms with Gasteiger partial charge in [-0.25, -0.2) is 9.59 Å². The molecular formula is C20H22N4O10S. The van der Waals surface area contributed by atoms with E-state index in [1.165, 1.54) is 38.1 Å². The van der Waals surface area contributed by atoms with Crippen LogP contribution in [0.15, 0.2) is 39.2 Å². The largest absolute Gasteiger partial charge is 0.462 e. The predicted octanol–water partition coefficient (Wildman–Crippen LogP) is -0.168. The number of ether oxygens (including phenoxy) is 3. The van der Waals surface area contributed by atoms with Gasteiger partial charge in [-0.3, -0.25) is 19.3 Å². The predicted molar refractivity (Wildman–Crippen MR) is 117 cm³/mol. The van der Waals surface area contributed by atoms with Gasteiger partial charge in [-0.05, 0) is 12.1 Å². The van der Waals surface area contributed by atoms with E-state index in [4.69, 9.17) is 29.2 Å². The van der Waals surface area contributed by atoms with Gasteiger partial charge in [-0.2, -0.15) is 0 Å². The minimum Gasteiger partial charge on any atom is -0.462 e. The van der Waals surface area contributed by atoms with E-state index in [2.05, 4.69) is 10.5 Å². The van der Waals surface area contributed by atoms with Gasteiger partial charge in [-0.1, -0.05) is 5.16 Å². The zero-order chi connectivity index (χ0) is 25.7. The number of carbonyl (C=O) groups excluding carboxylic acids is 5. The minimum atomic E-state index is -1.24. The average molecular weight is 510 g/mol. The van der Waals surface area contributed by atoms with Crippen molar-refractivity contribution in [2.75, 3.05) is 19.5 Å². The summed E-state index contributed by atoms with van der Waals surface area (Å²) in [5.74, 6) is -2.75. The smallest absolute Gasteiger partial charge is 0.404 e. The number of nitrogens with two attached hydrogens (primary N) is 1. The molecule has 35 heavy (non-hydrogen) atoms. The van der Waals surface area contributed by atoms with Gasteiger partial charge in [0.1, 0.15) is 30.8 Å². The summed E-state index contributed by atoms with van der Waals surface area (Å²) in [7, 11) is 1.25. The summed E-state index contributed by atoms with van der Waals surface area (Å²) in [5, 5.41) is 5.53. The van der Waals surface area contributed by atoms with E-state index in [9.17, 15) is 24.0 Å². The molecular weight excluding hydrogens is 488 g/mol. The highest BCUT2D eigenvalue weighted by molar-refractivity contribution is 8.00. The van der Waals surface area contributed by atoms with Crippen LogP contribution in [0, 0.1) is 0 Å². The fourth-order valence-corrected chi connectivity index (χ4v) is 4.65. The van der Waals surface area contributed by atoms with Crippen molar-refractivity contribution in [1.29, 1.82) is 0 Å². The van der Waals surface area contributed by atoms with E-state index in [0.717, 1.165) is 11.8 Å². The molecule has 1 saturated heterocycles. The molecule has 1 aromatic rings. The second-order valence-corrected chi connectivity index (χ2v) is 8.21. The number of esters is 2. The number of primary amides is 1. The molecule has 3 unspecified atom stereocenters. The molecule has 188 valence electrons. The van der Waals surface area contributed by atoms with Crippen LogP contribution in [-0.4, -0.2) is 77.6 Å². The van der Waals surface area contributed by atoms with Crippen molar-refractivity contribution < 1.29 is 47.4 Å². The number of nitrogens with zero attached hydrogens (tertiary/aromatic N) is 2. The van der Waals surface area contributed by atoms with Crippen molar-refractivity contribution in [3.05, 3.63) is 35.4 Å². The molecule has 1 aromatic heterocycles. The van der Waals surface area contributed by atoms with Crippen molar-refractivity contribution in [2.24, 2.45) is 10.9 Å². The first-order valence-electron chi connectivity index (χ1n) is 10.1. The highest BCUT2D eigenvalue weighted by Crippen LogP contribution is 2.41. The summed E-state index contributed by atoms with van der Waals surface area (Å²) in [4.78, 5) is 66.7. The zero-order valence-electron chi connectivity index (χ0n) is 18.8. The molecule has 3 heterocycles. The molecule has 3 atom stereocenters. The summed E-state index contributed by atoms with van der Waals surface area (Å²) in [6.45, 7) is 2.09. The molecule has 0 bridgehead atoms. The lowest BCUT2D eigenvalue weighted by molar-refractivity contribution is -0.182. The van der Waals surface area contributed by atoms with Crippen LogP contribution in [0.25, 0.3) is 0 Å². The molecule has 0 aromatic carbocycles. The molecule has 3 rings (SSSR count). The normalized spacial score (nSPS) is 20.3. The lowest BCUT2D eigenvalue weighted by Gasteiger charge is -2.49. The Morgan fingerprint density at radius 3 is 2.69 bits per heavy atom. The van der Waals surface area contributed by atoms with Crippen LogP contribution in [-0.2, 0) is 38.2 Å². The van der Waals surface area contributed by atoms with E-state index < -0.39 is 47.6 Å². The van der Waals surface area contributed by atoms with Gasteiger partial charge < -0.3 is 34.5 Å². The number of hydrogen-bond acceptors (Lipinski definition) is 12. The van der Waals surface area contributed by atoms with E-state index >= 15 is 0 Å². The molecule has 14 nitrogen and oxygen atoms in total. The average Bonchev–Trinajstić information content (AvgIpc) is 3.32. The highest BCUT2D eigenvalue weighted by Gasteiger charge is 2.55. The van der Waals surface area contributed by atoms with E-state index in [1.807, 2.05) is 0 Å². The number of nitrogens with one attached hydrogen (secondary N) is 1. The van der Waals surface area contributed by atoms with Crippen LogP contribution in [0.4, 0.5) is 4.79 Å². The molecule has 0 radical (unpaired) electrons. The quantitative estimate of drug-likeness (QED) is 0.147. The van der Waals surface area contributed by atoms with Crippen LogP contribution in [0.5, 0.6) is 0 Å².